The van der Waals surface area contributed by atoms with Crippen LogP contribution >= 0.6 is 0 Å². The lowest BCUT2D eigenvalue weighted by molar-refractivity contribution is -0.137. The lowest BCUT2D eigenvalue weighted by Gasteiger charge is -2.18. The Morgan fingerprint density at radius 2 is 1.74 bits per heavy atom. The number of nitrogens with one attached hydrogen (secondary N) is 2. The Bertz CT molecular complexity index is 1890. The van der Waals surface area contributed by atoms with Gasteiger partial charge < -0.3 is 24.3 Å². The zero-order valence-corrected chi connectivity index (χ0v) is 24.4. The van der Waals surface area contributed by atoms with E-state index in [0.29, 0.717) is 45.4 Å². The molecule has 0 saturated carbocycles. The molecule has 2 aromatic heterocycles. The molecule has 14 heteroatoms. The Balaban J connectivity index is 1.36. The minimum atomic E-state index is -4.49. The van der Waals surface area contributed by atoms with Crippen molar-refractivity contribution in [2.24, 2.45) is 0 Å². The number of nitrogens with zero attached hydrogens (tertiary/aromatic N) is 4. The highest BCUT2D eigenvalue weighted by molar-refractivity contribution is 5.94. The molecule has 0 spiro atoms. The van der Waals surface area contributed by atoms with Crippen molar-refractivity contribution in [2.45, 2.75) is 13.1 Å². The Kier molecular flexibility index (Phi) is 8.25. The van der Waals surface area contributed by atoms with Gasteiger partial charge in [-0.1, -0.05) is 24.3 Å². The molecule has 1 aliphatic heterocycles. The third-order valence-corrected chi connectivity index (χ3v) is 7.04. The predicted octanol–water partition coefficient (Wildman–Crippen LogP) is 6.23. The van der Waals surface area contributed by atoms with Gasteiger partial charge in [0.05, 0.1) is 18.2 Å². The van der Waals surface area contributed by atoms with Crippen LogP contribution in [0.2, 0.25) is 0 Å². The van der Waals surface area contributed by atoms with Crippen molar-refractivity contribution >= 4 is 12.0 Å². The van der Waals surface area contributed by atoms with Gasteiger partial charge >= 0.3 is 6.18 Å². The van der Waals surface area contributed by atoms with Crippen molar-refractivity contribution in [3.63, 3.8) is 0 Å². The summed E-state index contributed by atoms with van der Waals surface area (Å²) in [6.45, 7) is 1.99. The third-order valence-electron chi connectivity index (χ3n) is 7.04. The molecule has 0 atom stereocenters. The van der Waals surface area contributed by atoms with Gasteiger partial charge in [0, 0.05) is 35.0 Å². The summed E-state index contributed by atoms with van der Waals surface area (Å²) in [6, 6.07) is 16.5. The molecule has 0 saturated heterocycles. The number of benzene rings is 3. The van der Waals surface area contributed by atoms with E-state index in [1.807, 2.05) is 12.1 Å². The topological polar surface area (TPSA) is 133 Å². The number of pyridine rings is 1. The first-order valence-corrected chi connectivity index (χ1v) is 13.8. The monoisotopic (exact) mass is 630 g/mol. The molecule has 0 fully saturated rings. The molecule has 0 aliphatic carbocycles. The molecular weight excluding hydrogens is 605 g/mol. The van der Waals surface area contributed by atoms with Crippen LogP contribution in [0.4, 0.5) is 13.2 Å². The molecule has 1 aliphatic rings. The Labute approximate surface area is 260 Å². The highest BCUT2D eigenvalue weighted by atomic mass is 19.4. The molecule has 2 N–H and O–H groups in total. The second-order valence-electron chi connectivity index (χ2n) is 9.93. The molecule has 11 nitrogen and oxygen atoms in total. The molecule has 3 aromatic carbocycles. The predicted molar refractivity (Wildman–Crippen MR) is 160 cm³/mol. The maximum atomic E-state index is 12.9. The van der Waals surface area contributed by atoms with Crippen LogP contribution in [0.3, 0.4) is 0 Å². The highest BCUT2D eigenvalue weighted by Gasteiger charge is 2.30. The Hall–Kier alpha value is -5.92. The maximum absolute atomic E-state index is 12.9. The number of hydrogen-bond acceptors (Lipinski definition) is 9. The smallest absolute Gasteiger partial charge is 0.416 e. The van der Waals surface area contributed by atoms with Crippen molar-refractivity contribution < 1.29 is 36.9 Å². The largest absolute Gasteiger partial charge is 0.497 e. The van der Waals surface area contributed by atoms with Crippen LogP contribution in [-0.4, -0.2) is 52.0 Å². The number of ether oxygens (including phenoxy) is 4. The van der Waals surface area contributed by atoms with Crippen molar-refractivity contribution in [3.8, 4) is 51.4 Å². The minimum Gasteiger partial charge on any atom is -0.497 e. The number of aryl methyl sites for hydroxylation is 1. The van der Waals surface area contributed by atoms with E-state index >= 15 is 0 Å². The number of amides is 1. The molecule has 0 bridgehead atoms. The number of hydrogen-bond donors (Lipinski definition) is 2. The average Bonchev–Trinajstić information content (AvgIpc) is 3.76. The Morgan fingerprint density at radius 1 is 1.00 bits per heavy atom. The molecule has 5 aromatic rings. The second kappa shape index (κ2) is 12.6. The van der Waals surface area contributed by atoms with E-state index in [9.17, 15) is 18.0 Å². The van der Waals surface area contributed by atoms with E-state index in [1.54, 1.807) is 56.5 Å². The lowest BCUT2D eigenvalue weighted by Crippen LogP contribution is -2.23. The van der Waals surface area contributed by atoms with Crippen LogP contribution in [0, 0.1) is 6.92 Å². The number of aromatic amines is 1. The first kappa shape index (κ1) is 30.1. The molecule has 3 heterocycles. The van der Waals surface area contributed by atoms with Crippen LogP contribution in [0.25, 0.3) is 28.6 Å². The molecule has 234 valence electrons. The fourth-order valence-electron chi connectivity index (χ4n) is 4.79. The standard InChI is InChI=1S/C32H25F3N6O5/c1-18-24(4-3-15-36-30(42)20-5-9-21(10-6-20)32(33,34)35)27(19-7-11-22(43-2)12-8-19)28(29-38-40-41-39-29)31(37-18)46-23-13-14-25-26(16-23)45-17-44-25/h3-14,16H,15,17H2,1-2H3,(H,36,42)(H,38,39,40,41). The summed E-state index contributed by atoms with van der Waals surface area (Å²) in [7, 11) is 1.57. The van der Waals surface area contributed by atoms with Crippen LogP contribution in [0.1, 0.15) is 27.2 Å². The van der Waals surface area contributed by atoms with Crippen LogP contribution < -0.4 is 24.3 Å². The first-order valence-electron chi connectivity index (χ1n) is 13.8. The molecule has 6 rings (SSSR count). The Morgan fingerprint density at radius 3 is 2.43 bits per heavy atom. The van der Waals surface area contributed by atoms with Gasteiger partial charge in [-0.15, -0.1) is 10.2 Å². The summed E-state index contributed by atoms with van der Waals surface area (Å²) in [5.41, 5.74) is 2.39. The van der Waals surface area contributed by atoms with Gasteiger partial charge in [0.1, 0.15) is 11.5 Å². The number of fused-ring (bicyclic) bond motifs is 1. The zero-order chi connectivity index (χ0) is 32.3. The van der Waals surface area contributed by atoms with E-state index in [0.717, 1.165) is 29.8 Å². The van der Waals surface area contributed by atoms with Gasteiger partial charge in [-0.3, -0.25) is 4.79 Å². The van der Waals surface area contributed by atoms with Crippen LogP contribution in [-0.2, 0) is 6.18 Å². The minimum absolute atomic E-state index is 0.0777. The molecule has 0 unspecified atom stereocenters. The quantitative estimate of drug-likeness (QED) is 0.194. The number of tetrazole rings is 1. The number of alkyl halides is 3. The van der Waals surface area contributed by atoms with Crippen molar-refractivity contribution in [1.29, 1.82) is 0 Å². The van der Waals surface area contributed by atoms with E-state index in [2.05, 4.69) is 25.9 Å². The van der Waals surface area contributed by atoms with Gasteiger partial charge in [0.25, 0.3) is 5.91 Å². The first-order chi connectivity index (χ1) is 22.2. The molecular formula is C32H25F3N6O5. The maximum Gasteiger partial charge on any atom is 0.416 e. The summed E-state index contributed by atoms with van der Waals surface area (Å²) >= 11 is 0. The van der Waals surface area contributed by atoms with Crippen molar-refractivity contribution in [2.75, 3.05) is 20.4 Å². The fraction of sp³-hybridized carbons (Fsp3) is 0.156. The molecule has 46 heavy (non-hydrogen) atoms. The van der Waals surface area contributed by atoms with Crippen molar-refractivity contribution in [1.82, 2.24) is 30.9 Å². The zero-order valence-electron chi connectivity index (χ0n) is 24.4. The number of halogens is 3. The van der Waals surface area contributed by atoms with Gasteiger partial charge in [0.15, 0.2) is 11.5 Å². The summed E-state index contributed by atoms with van der Waals surface area (Å²) < 4.78 is 61.3. The number of carbonyl (C=O) groups is 1. The molecule has 0 radical (unpaired) electrons. The third kappa shape index (κ3) is 6.31. The summed E-state index contributed by atoms with van der Waals surface area (Å²) in [6.07, 6.45) is -1.00. The summed E-state index contributed by atoms with van der Waals surface area (Å²) in [5, 5.41) is 17.4. The van der Waals surface area contributed by atoms with E-state index < -0.39 is 17.6 Å². The number of rotatable bonds is 9. The summed E-state index contributed by atoms with van der Waals surface area (Å²) in [4.78, 5) is 17.4. The van der Waals surface area contributed by atoms with Gasteiger partial charge in [-0.2, -0.15) is 18.4 Å². The fourth-order valence-corrected chi connectivity index (χ4v) is 4.79. The van der Waals surface area contributed by atoms with Gasteiger partial charge in [0.2, 0.25) is 18.5 Å². The highest BCUT2D eigenvalue weighted by Crippen LogP contribution is 2.44. The number of aromatic nitrogens is 5. The summed E-state index contributed by atoms with van der Waals surface area (Å²) in [5.74, 6) is 2.12. The van der Waals surface area contributed by atoms with Gasteiger partial charge in [-0.05, 0) is 66.2 Å². The lowest BCUT2D eigenvalue weighted by atomic mass is 9.93. The second-order valence-corrected chi connectivity index (χ2v) is 9.93. The van der Waals surface area contributed by atoms with E-state index in [1.165, 1.54) is 0 Å². The number of methoxy groups -OCH3 is 1. The average molecular weight is 631 g/mol. The van der Waals surface area contributed by atoms with E-state index in [-0.39, 0.29) is 30.6 Å². The molecule has 1 amide bonds. The number of H-pyrrole nitrogens is 1. The van der Waals surface area contributed by atoms with E-state index in [4.69, 9.17) is 23.9 Å². The number of carbonyl (C=O) groups excluding carboxylic acids is 1. The van der Waals surface area contributed by atoms with Crippen LogP contribution in [0.5, 0.6) is 28.9 Å². The van der Waals surface area contributed by atoms with Crippen molar-refractivity contribution in [3.05, 3.63) is 95.2 Å². The van der Waals surface area contributed by atoms with Gasteiger partial charge in [-0.25, -0.2) is 4.98 Å². The normalized spacial score (nSPS) is 12.4. The SMILES string of the molecule is COc1ccc(-c2c(C=CCNC(=O)c3ccc(C(F)(F)F)cc3)c(C)nc(Oc3ccc4c(c3)OCO4)c2-c2nn[nH]n2)cc1. The van der Waals surface area contributed by atoms with Crippen LogP contribution in [0.15, 0.2) is 72.8 Å².